The molecule has 0 amide bonds. The summed E-state index contributed by atoms with van der Waals surface area (Å²) in [5.74, 6) is 0.813. The lowest BCUT2D eigenvalue weighted by atomic mass is 9.98. The van der Waals surface area contributed by atoms with Gasteiger partial charge in [-0.25, -0.2) is 4.98 Å². The van der Waals surface area contributed by atoms with Crippen molar-refractivity contribution in [2.24, 2.45) is 5.92 Å². The zero-order valence-electron chi connectivity index (χ0n) is 8.19. The summed E-state index contributed by atoms with van der Waals surface area (Å²) in [5, 5.41) is 0. The van der Waals surface area contributed by atoms with Gasteiger partial charge in [-0.05, 0) is 32.4 Å². The van der Waals surface area contributed by atoms with Crippen LogP contribution >= 0.6 is 0 Å². The Bertz CT molecular complexity index is 243. The summed E-state index contributed by atoms with van der Waals surface area (Å²) in [6.45, 7) is 3.63. The molecule has 1 aromatic heterocycles. The first kappa shape index (κ1) is 8.75. The summed E-state index contributed by atoms with van der Waals surface area (Å²) >= 11 is 0. The first-order chi connectivity index (χ1) is 6.34. The second-order valence-electron chi connectivity index (χ2n) is 4.03. The largest absolute Gasteiger partial charge is 0.337 e. The average molecular weight is 179 g/mol. The van der Waals surface area contributed by atoms with Gasteiger partial charge < -0.3 is 9.47 Å². The van der Waals surface area contributed by atoms with E-state index in [1.54, 1.807) is 0 Å². The van der Waals surface area contributed by atoms with Crippen LogP contribution in [-0.2, 0) is 6.54 Å². The first-order valence-electron chi connectivity index (χ1n) is 4.99. The fourth-order valence-corrected chi connectivity index (χ4v) is 2.12. The molecule has 72 valence electrons. The molecule has 0 saturated carbocycles. The van der Waals surface area contributed by atoms with Crippen molar-refractivity contribution in [3.05, 3.63) is 18.7 Å². The Balaban J connectivity index is 1.87. The van der Waals surface area contributed by atoms with Crippen LogP contribution in [0.4, 0.5) is 0 Å². The van der Waals surface area contributed by atoms with E-state index >= 15 is 0 Å². The van der Waals surface area contributed by atoms with Crippen LogP contribution in [0.2, 0.25) is 0 Å². The molecule has 1 aromatic rings. The molecule has 0 unspecified atom stereocenters. The number of aromatic nitrogens is 2. The van der Waals surface area contributed by atoms with E-state index < -0.39 is 0 Å². The lowest BCUT2D eigenvalue weighted by Gasteiger charge is -2.29. The molecule has 0 N–H and O–H groups in total. The smallest absolute Gasteiger partial charge is 0.0946 e. The summed E-state index contributed by atoms with van der Waals surface area (Å²) in [7, 11) is 2.21. The fraction of sp³-hybridized carbons (Fsp3) is 0.700. The number of hydrogen-bond acceptors (Lipinski definition) is 2. The minimum atomic E-state index is 0.813. The van der Waals surface area contributed by atoms with Gasteiger partial charge in [0, 0.05) is 25.5 Å². The summed E-state index contributed by atoms with van der Waals surface area (Å²) in [6.07, 6.45) is 8.52. The zero-order valence-corrected chi connectivity index (χ0v) is 8.19. The Morgan fingerprint density at radius 1 is 1.54 bits per heavy atom. The van der Waals surface area contributed by atoms with Crippen molar-refractivity contribution in [3.63, 3.8) is 0 Å². The second kappa shape index (κ2) is 3.92. The molecule has 2 heterocycles. The third-order valence-corrected chi connectivity index (χ3v) is 2.75. The third kappa shape index (κ3) is 2.31. The van der Waals surface area contributed by atoms with Crippen molar-refractivity contribution in [1.82, 2.24) is 14.5 Å². The molecule has 1 saturated heterocycles. The Morgan fingerprint density at radius 3 is 3.15 bits per heavy atom. The zero-order chi connectivity index (χ0) is 9.10. The van der Waals surface area contributed by atoms with Gasteiger partial charge in [0.1, 0.15) is 0 Å². The van der Waals surface area contributed by atoms with Crippen molar-refractivity contribution < 1.29 is 0 Å². The number of likely N-dealkylation sites (tertiary alicyclic amines) is 1. The standard InChI is InChI=1S/C10H17N3/c1-12-5-2-3-10(7-12)8-13-6-4-11-9-13/h4,6,9-10H,2-3,5,7-8H2,1H3/t10-/m1/s1. The average Bonchev–Trinajstić information content (AvgIpc) is 2.57. The molecule has 1 aliphatic rings. The quantitative estimate of drug-likeness (QED) is 0.680. The van der Waals surface area contributed by atoms with Crippen molar-refractivity contribution in [2.75, 3.05) is 20.1 Å². The van der Waals surface area contributed by atoms with Gasteiger partial charge in [-0.1, -0.05) is 0 Å². The van der Waals surface area contributed by atoms with Crippen molar-refractivity contribution in [1.29, 1.82) is 0 Å². The molecule has 13 heavy (non-hydrogen) atoms. The first-order valence-corrected chi connectivity index (χ1v) is 4.99. The SMILES string of the molecule is CN1CCC[C@@H](Cn2ccnc2)C1. The summed E-state index contributed by atoms with van der Waals surface area (Å²) in [4.78, 5) is 6.48. The Kier molecular flexibility index (Phi) is 2.64. The molecule has 1 aliphatic heterocycles. The molecule has 3 nitrogen and oxygen atoms in total. The van der Waals surface area contributed by atoms with Crippen molar-refractivity contribution in [2.45, 2.75) is 19.4 Å². The highest BCUT2D eigenvalue weighted by molar-refractivity contribution is 4.78. The van der Waals surface area contributed by atoms with Gasteiger partial charge in [-0.15, -0.1) is 0 Å². The molecule has 2 rings (SSSR count). The molecular weight excluding hydrogens is 162 g/mol. The minimum Gasteiger partial charge on any atom is -0.337 e. The highest BCUT2D eigenvalue weighted by Gasteiger charge is 2.16. The van der Waals surface area contributed by atoms with Gasteiger partial charge in [0.05, 0.1) is 6.33 Å². The number of piperidine rings is 1. The van der Waals surface area contributed by atoms with Gasteiger partial charge in [-0.2, -0.15) is 0 Å². The van der Waals surface area contributed by atoms with E-state index in [9.17, 15) is 0 Å². The van der Waals surface area contributed by atoms with Crippen molar-refractivity contribution >= 4 is 0 Å². The predicted molar refractivity (Wildman–Crippen MR) is 52.4 cm³/mol. The molecule has 3 heteroatoms. The van der Waals surface area contributed by atoms with Crippen LogP contribution in [0.5, 0.6) is 0 Å². The number of hydrogen-bond donors (Lipinski definition) is 0. The van der Waals surface area contributed by atoms with E-state index in [-0.39, 0.29) is 0 Å². The van der Waals surface area contributed by atoms with E-state index in [0.29, 0.717) is 0 Å². The monoisotopic (exact) mass is 179 g/mol. The van der Waals surface area contributed by atoms with E-state index in [2.05, 4.69) is 27.7 Å². The van der Waals surface area contributed by atoms with Gasteiger partial charge in [-0.3, -0.25) is 0 Å². The number of imidazole rings is 1. The molecular formula is C10H17N3. The van der Waals surface area contributed by atoms with Crippen LogP contribution in [0, 0.1) is 5.92 Å². The van der Waals surface area contributed by atoms with Crippen LogP contribution in [0.15, 0.2) is 18.7 Å². The maximum Gasteiger partial charge on any atom is 0.0946 e. The molecule has 0 aliphatic carbocycles. The Labute approximate surface area is 79.4 Å². The Hall–Kier alpha value is -0.830. The van der Waals surface area contributed by atoms with Crippen LogP contribution in [-0.4, -0.2) is 34.6 Å². The molecule has 0 spiro atoms. The van der Waals surface area contributed by atoms with Gasteiger partial charge >= 0.3 is 0 Å². The van der Waals surface area contributed by atoms with Crippen LogP contribution < -0.4 is 0 Å². The predicted octanol–water partition coefficient (Wildman–Crippen LogP) is 1.22. The minimum absolute atomic E-state index is 0.813. The highest BCUT2D eigenvalue weighted by atomic mass is 15.1. The van der Waals surface area contributed by atoms with E-state index in [4.69, 9.17) is 0 Å². The van der Waals surface area contributed by atoms with Gasteiger partial charge in [0.25, 0.3) is 0 Å². The van der Waals surface area contributed by atoms with E-state index in [0.717, 1.165) is 12.5 Å². The maximum atomic E-state index is 4.06. The summed E-state index contributed by atoms with van der Waals surface area (Å²) < 4.78 is 2.18. The summed E-state index contributed by atoms with van der Waals surface area (Å²) in [6, 6.07) is 0. The van der Waals surface area contributed by atoms with Crippen LogP contribution in [0.3, 0.4) is 0 Å². The molecule has 0 bridgehead atoms. The summed E-state index contributed by atoms with van der Waals surface area (Å²) in [5.41, 5.74) is 0. The van der Waals surface area contributed by atoms with E-state index in [1.165, 1.54) is 25.9 Å². The fourth-order valence-electron chi connectivity index (χ4n) is 2.12. The third-order valence-electron chi connectivity index (χ3n) is 2.75. The lowest BCUT2D eigenvalue weighted by Crippen LogP contribution is -2.33. The van der Waals surface area contributed by atoms with Gasteiger partial charge in [0.15, 0.2) is 0 Å². The van der Waals surface area contributed by atoms with Gasteiger partial charge in [0.2, 0.25) is 0 Å². The Morgan fingerprint density at radius 2 is 2.46 bits per heavy atom. The van der Waals surface area contributed by atoms with Crippen molar-refractivity contribution in [3.8, 4) is 0 Å². The molecule has 1 atom stereocenters. The number of rotatable bonds is 2. The highest BCUT2D eigenvalue weighted by Crippen LogP contribution is 2.16. The second-order valence-corrected chi connectivity index (χ2v) is 4.03. The molecule has 0 aromatic carbocycles. The molecule has 1 fully saturated rings. The normalized spacial score (nSPS) is 24.8. The number of nitrogens with zero attached hydrogens (tertiary/aromatic N) is 3. The molecule has 0 radical (unpaired) electrons. The van der Waals surface area contributed by atoms with E-state index in [1.807, 2.05) is 12.5 Å². The lowest BCUT2D eigenvalue weighted by molar-refractivity contribution is 0.194. The maximum absolute atomic E-state index is 4.06. The van der Waals surface area contributed by atoms with Crippen LogP contribution in [0.1, 0.15) is 12.8 Å². The topological polar surface area (TPSA) is 21.1 Å². The van der Waals surface area contributed by atoms with Crippen LogP contribution in [0.25, 0.3) is 0 Å².